The van der Waals surface area contributed by atoms with Crippen molar-refractivity contribution in [3.8, 4) is 0 Å². The van der Waals surface area contributed by atoms with Gasteiger partial charge in [0, 0.05) is 5.41 Å². The molecule has 0 radical (unpaired) electrons. The third-order valence-corrected chi connectivity index (χ3v) is 3.57. The average Bonchev–Trinajstić information content (AvgIpc) is 2.35. The summed E-state index contributed by atoms with van der Waals surface area (Å²) in [5.41, 5.74) is 0.586. The smallest absolute Gasteiger partial charge is 0.226 e. The molecule has 0 heterocycles. The van der Waals surface area contributed by atoms with Gasteiger partial charge in [-0.15, -0.1) is 0 Å². The molecule has 0 fully saturated rings. The maximum Gasteiger partial charge on any atom is 0.226 e. The largest absolute Gasteiger partial charge is 0.346 e. The Morgan fingerprint density at radius 3 is 1.94 bits per heavy atom. The van der Waals surface area contributed by atoms with Crippen molar-refractivity contribution in [3.05, 3.63) is 35.9 Å². The van der Waals surface area contributed by atoms with Gasteiger partial charge in [-0.2, -0.15) is 0 Å². The summed E-state index contributed by atoms with van der Waals surface area (Å²) >= 11 is 0. The van der Waals surface area contributed by atoms with Gasteiger partial charge in [0.1, 0.15) is 0 Å². The minimum atomic E-state index is -0.357. The fourth-order valence-corrected chi connectivity index (χ4v) is 2.07. The molecule has 0 aliphatic carbocycles. The van der Waals surface area contributed by atoms with E-state index < -0.39 is 0 Å². The van der Waals surface area contributed by atoms with Crippen molar-refractivity contribution >= 4 is 5.91 Å². The van der Waals surface area contributed by atoms with Crippen LogP contribution in [0.15, 0.2) is 30.3 Å². The molecule has 0 atom stereocenters. The van der Waals surface area contributed by atoms with Crippen LogP contribution in [-0.2, 0) is 10.3 Å². The summed E-state index contributed by atoms with van der Waals surface area (Å²) in [5.74, 6) is 0.107. The molecule has 0 saturated carbocycles. The first kappa shape index (κ1) is 14.7. The highest BCUT2D eigenvalue weighted by atomic mass is 16.2. The molecule has 0 aromatic heterocycles. The second-order valence-corrected chi connectivity index (χ2v) is 5.86. The number of amides is 1. The van der Waals surface area contributed by atoms with E-state index in [9.17, 15) is 4.79 Å². The van der Waals surface area contributed by atoms with Crippen molar-refractivity contribution in [1.29, 1.82) is 0 Å². The zero-order chi connectivity index (χ0) is 13.8. The summed E-state index contributed by atoms with van der Waals surface area (Å²) in [4.78, 5) is 12.3. The van der Waals surface area contributed by atoms with Crippen molar-refractivity contribution in [1.82, 2.24) is 5.32 Å². The Labute approximate surface area is 111 Å². The van der Waals surface area contributed by atoms with E-state index in [4.69, 9.17) is 0 Å². The molecule has 1 aromatic carbocycles. The number of carbonyl (C=O) groups excluding carboxylic acids is 1. The van der Waals surface area contributed by atoms with Gasteiger partial charge >= 0.3 is 0 Å². The van der Waals surface area contributed by atoms with Crippen LogP contribution in [0, 0.1) is 5.41 Å². The first-order valence-electron chi connectivity index (χ1n) is 6.74. The van der Waals surface area contributed by atoms with Crippen LogP contribution in [0.1, 0.15) is 53.0 Å². The molecule has 1 amide bonds. The molecule has 0 aliphatic heterocycles. The van der Waals surface area contributed by atoms with Crippen LogP contribution < -0.4 is 5.32 Å². The number of hydrogen-bond donors (Lipinski definition) is 1. The Morgan fingerprint density at radius 1 is 1.06 bits per heavy atom. The lowest BCUT2D eigenvalue weighted by Gasteiger charge is -2.36. The Bertz CT molecular complexity index is 385. The fraction of sp³-hybridized carbons (Fsp3) is 0.562. The van der Waals surface area contributed by atoms with Crippen LogP contribution in [0.25, 0.3) is 0 Å². The zero-order valence-corrected chi connectivity index (χ0v) is 12.2. The van der Waals surface area contributed by atoms with Crippen molar-refractivity contribution in [3.63, 3.8) is 0 Å². The summed E-state index contributed by atoms with van der Waals surface area (Å²) < 4.78 is 0. The molecule has 0 bridgehead atoms. The lowest BCUT2D eigenvalue weighted by Crippen LogP contribution is -2.49. The Morgan fingerprint density at radius 2 is 1.56 bits per heavy atom. The monoisotopic (exact) mass is 247 g/mol. The molecule has 100 valence electrons. The highest BCUT2D eigenvalue weighted by Crippen LogP contribution is 2.30. The van der Waals surface area contributed by atoms with Crippen molar-refractivity contribution in [2.75, 3.05) is 0 Å². The van der Waals surface area contributed by atoms with E-state index >= 15 is 0 Å². The van der Waals surface area contributed by atoms with Crippen LogP contribution in [0.4, 0.5) is 0 Å². The molecule has 0 saturated heterocycles. The van der Waals surface area contributed by atoms with Crippen molar-refractivity contribution in [2.24, 2.45) is 5.41 Å². The molecule has 2 nitrogen and oxygen atoms in total. The second-order valence-electron chi connectivity index (χ2n) is 5.86. The lowest BCUT2D eigenvalue weighted by molar-refractivity contribution is -0.130. The molecular formula is C16H25NO. The SMILES string of the molecule is CCC(CC)(NC(=O)C(C)(C)C)c1ccccc1. The lowest BCUT2D eigenvalue weighted by atomic mass is 9.83. The number of rotatable bonds is 4. The molecular weight excluding hydrogens is 222 g/mol. The predicted molar refractivity (Wildman–Crippen MR) is 76.3 cm³/mol. The maximum atomic E-state index is 12.3. The summed E-state index contributed by atoms with van der Waals surface area (Å²) in [6.07, 6.45) is 1.80. The van der Waals surface area contributed by atoms with Crippen LogP contribution in [0.2, 0.25) is 0 Å². The Hall–Kier alpha value is -1.31. The van der Waals surface area contributed by atoms with E-state index in [1.807, 2.05) is 39.0 Å². The van der Waals surface area contributed by atoms with Gasteiger partial charge in [0.05, 0.1) is 5.54 Å². The van der Waals surface area contributed by atoms with Gasteiger partial charge in [0.2, 0.25) is 5.91 Å². The molecule has 2 heteroatoms. The Balaban J connectivity index is 3.06. The van der Waals surface area contributed by atoms with Crippen LogP contribution in [-0.4, -0.2) is 5.91 Å². The van der Waals surface area contributed by atoms with E-state index in [1.54, 1.807) is 0 Å². The highest BCUT2D eigenvalue weighted by Gasteiger charge is 2.33. The minimum absolute atomic E-state index is 0.107. The van der Waals surface area contributed by atoms with Gasteiger partial charge in [-0.25, -0.2) is 0 Å². The van der Waals surface area contributed by atoms with Crippen LogP contribution >= 0.6 is 0 Å². The summed E-state index contributed by atoms with van der Waals surface area (Å²) in [6, 6.07) is 10.2. The molecule has 1 aromatic rings. The van der Waals surface area contributed by atoms with E-state index in [1.165, 1.54) is 5.56 Å². The topological polar surface area (TPSA) is 29.1 Å². The Kier molecular flexibility index (Phi) is 4.55. The first-order chi connectivity index (χ1) is 8.35. The summed E-state index contributed by atoms with van der Waals surface area (Å²) in [6.45, 7) is 10.1. The van der Waals surface area contributed by atoms with Crippen LogP contribution in [0.5, 0.6) is 0 Å². The quantitative estimate of drug-likeness (QED) is 0.860. The number of nitrogens with one attached hydrogen (secondary N) is 1. The maximum absolute atomic E-state index is 12.3. The highest BCUT2D eigenvalue weighted by molar-refractivity contribution is 5.82. The number of carbonyl (C=O) groups is 1. The van der Waals surface area contributed by atoms with E-state index in [-0.39, 0.29) is 16.9 Å². The molecule has 0 aliphatic rings. The van der Waals surface area contributed by atoms with Gasteiger partial charge in [0.25, 0.3) is 0 Å². The van der Waals surface area contributed by atoms with Crippen molar-refractivity contribution < 1.29 is 4.79 Å². The van der Waals surface area contributed by atoms with Crippen molar-refractivity contribution in [2.45, 2.75) is 53.0 Å². The van der Waals surface area contributed by atoms with E-state index in [2.05, 4.69) is 31.3 Å². The van der Waals surface area contributed by atoms with E-state index in [0.717, 1.165) is 12.8 Å². The average molecular weight is 247 g/mol. The van der Waals surface area contributed by atoms with Gasteiger partial charge in [-0.1, -0.05) is 65.0 Å². The third-order valence-electron chi connectivity index (χ3n) is 3.57. The normalized spacial score (nSPS) is 12.3. The number of hydrogen-bond acceptors (Lipinski definition) is 1. The van der Waals surface area contributed by atoms with Gasteiger partial charge in [0.15, 0.2) is 0 Å². The molecule has 0 unspecified atom stereocenters. The van der Waals surface area contributed by atoms with Gasteiger partial charge in [-0.3, -0.25) is 4.79 Å². The summed E-state index contributed by atoms with van der Waals surface area (Å²) in [7, 11) is 0. The molecule has 1 N–H and O–H groups in total. The van der Waals surface area contributed by atoms with Gasteiger partial charge in [-0.05, 0) is 18.4 Å². The minimum Gasteiger partial charge on any atom is -0.346 e. The van der Waals surface area contributed by atoms with Crippen LogP contribution in [0.3, 0.4) is 0 Å². The fourth-order valence-electron chi connectivity index (χ4n) is 2.07. The first-order valence-corrected chi connectivity index (χ1v) is 6.74. The van der Waals surface area contributed by atoms with E-state index in [0.29, 0.717) is 0 Å². The molecule has 18 heavy (non-hydrogen) atoms. The third kappa shape index (κ3) is 3.12. The zero-order valence-electron chi connectivity index (χ0n) is 12.2. The standard InChI is InChI=1S/C16H25NO/c1-6-16(7-2,13-11-9-8-10-12-13)17-14(18)15(3,4)5/h8-12H,6-7H2,1-5H3,(H,17,18). The molecule has 0 spiro atoms. The predicted octanol–water partition coefficient (Wildman–Crippen LogP) is 3.86. The molecule has 1 rings (SSSR count). The second kappa shape index (κ2) is 5.55. The number of benzene rings is 1. The van der Waals surface area contributed by atoms with Gasteiger partial charge < -0.3 is 5.32 Å². The summed E-state index contributed by atoms with van der Waals surface area (Å²) in [5, 5.41) is 3.25.